The van der Waals surface area contributed by atoms with Gasteiger partial charge in [0.05, 0.1) is 0 Å². The van der Waals surface area contributed by atoms with Crippen LogP contribution in [0, 0.1) is 6.92 Å². The smallest absolute Gasteiger partial charge is 0.314 e. The minimum atomic E-state index is -4.26. The number of benzene rings is 1. The number of rotatable bonds is 3. The van der Waals surface area contributed by atoms with E-state index in [2.05, 4.69) is 10.6 Å². The summed E-state index contributed by atoms with van der Waals surface area (Å²) in [6.07, 6.45) is -4.26. The molecule has 1 aromatic carbocycles. The molecule has 5 heteroatoms. The summed E-state index contributed by atoms with van der Waals surface area (Å²) in [7, 11) is 0. The molecule has 1 aliphatic heterocycles. The van der Waals surface area contributed by atoms with Gasteiger partial charge in [-0.3, -0.25) is 5.32 Å². The monoisotopic (exact) mass is 244 g/mol. The lowest BCUT2D eigenvalue weighted by Crippen LogP contribution is -2.57. The molecule has 1 atom stereocenters. The Hall–Kier alpha value is -1.07. The minimum Gasteiger partial charge on any atom is -0.314 e. The van der Waals surface area contributed by atoms with Gasteiger partial charge in [0.25, 0.3) is 0 Å². The topological polar surface area (TPSA) is 24.1 Å². The van der Waals surface area contributed by atoms with Crippen molar-refractivity contribution in [1.29, 1.82) is 0 Å². The van der Waals surface area contributed by atoms with E-state index in [-0.39, 0.29) is 11.6 Å². The van der Waals surface area contributed by atoms with E-state index in [1.807, 2.05) is 6.92 Å². The van der Waals surface area contributed by atoms with Crippen molar-refractivity contribution in [3.63, 3.8) is 0 Å². The summed E-state index contributed by atoms with van der Waals surface area (Å²) in [6, 6.07) is 4.81. The molecule has 17 heavy (non-hydrogen) atoms. The first-order valence-electron chi connectivity index (χ1n) is 5.57. The Kier molecular flexibility index (Phi) is 3.40. The van der Waals surface area contributed by atoms with Crippen LogP contribution in [-0.2, 0) is 0 Å². The summed E-state index contributed by atoms with van der Waals surface area (Å²) in [4.78, 5) is 0. The highest BCUT2D eigenvalue weighted by atomic mass is 19.4. The Morgan fingerprint density at radius 3 is 2.24 bits per heavy atom. The van der Waals surface area contributed by atoms with Gasteiger partial charge < -0.3 is 5.32 Å². The molecule has 1 heterocycles. The van der Waals surface area contributed by atoms with Crippen molar-refractivity contribution in [3.05, 3.63) is 35.4 Å². The lowest BCUT2D eigenvalue weighted by Gasteiger charge is -2.33. The summed E-state index contributed by atoms with van der Waals surface area (Å²) < 4.78 is 38.8. The van der Waals surface area contributed by atoms with Gasteiger partial charge in [-0.25, -0.2) is 0 Å². The second-order valence-electron chi connectivity index (χ2n) is 4.41. The number of aryl methyl sites for hydroxylation is 1. The maximum absolute atomic E-state index is 12.9. The van der Waals surface area contributed by atoms with Crippen molar-refractivity contribution in [3.8, 4) is 0 Å². The standard InChI is InChI=1S/C12H15F3N2/c1-8-2-4-9(5-3-8)11(12(13,14)15)17-10-6-16-7-10/h2-5,10-11,16-17H,6-7H2,1H3. The van der Waals surface area contributed by atoms with Crippen molar-refractivity contribution < 1.29 is 13.2 Å². The molecule has 1 unspecified atom stereocenters. The summed E-state index contributed by atoms with van der Waals surface area (Å²) >= 11 is 0. The normalized spacial score (nSPS) is 18.8. The third-order valence-electron chi connectivity index (χ3n) is 2.92. The van der Waals surface area contributed by atoms with Gasteiger partial charge in [-0.15, -0.1) is 0 Å². The van der Waals surface area contributed by atoms with Crippen LogP contribution in [-0.4, -0.2) is 25.3 Å². The second-order valence-corrected chi connectivity index (χ2v) is 4.41. The first-order valence-corrected chi connectivity index (χ1v) is 5.57. The summed E-state index contributed by atoms with van der Waals surface area (Å²) in [5.41, 5.74) is 1.23. The predicted octanol–water partition coefficient (Wildman–Crippen LogP) is 2.16. The van der Waals surface area contributed by atoms with Gasteiger partial charge in [0.15, 0.2) is 0 Å². The fourth-order valence-electron chi connectivity index (χ4n) is 1.78. The molecule has 2 N–H and O–H groups in total. The minimum absolute atomic E-state index is 0.0945. The maximum Gasteiger partial charge on any atom is 0.407 e. The average molecular weight is 244 g/mol. The van der Waals surface area contributed by atoms with Crippen LogP contribution in [0.15, 0.2) is 24.3 Å². The van der Waals surface area contributed by atoms with Crippen molar-refractivity contribution >= 4 is 0 Å². The zero-order chi connectivity index (χ0) is 12.5. The van der Waals surface area contributed by atoms with Crippen molar-refractivity contribution in [2.75, 3.05) is 13.1 Å². The van der Waals surface area contributed by atoms with Crippen LogP contribution in [0.25, 0.3) is 0 Å². The molecular formula is C12H15F3N2. The third kappa shape index (κ3) is 2.98. The van der Waals surface area contributed by atoms with E-state index in [4.69, 9.17) is 0 Å². The van der Waals surface area contributed by atoms with Crippen molar-refractivity contribution in [1.82, 2.24) is 10.6 Å². The lowest BCUT2D eigenvalue weighted by atomic mass is 10.0. The van der Waals surface area contributed by atoms with Gasteiger partial charge in [0.1, 0.15) is 6.04 Å². The molecular weight excluding hydrogens is 229 g/mol. The third-order valence-corrected chi connectivity index (χ3v) is 2.92. The van der Waals surface area contributed by atoms with Crippen LogP contribution < -0.4 is 10.6 Å². The van der Waals surface area contributed by atoms with Gasteiger partial charge in [0, 0.05) is 19.1 Å². The van der Waals surface area contributed by atoms with Gasteiger partial charge in [0.2, 0.25) is 0 Å². The largest absolute Gasteiger partial charge is 0.407 e. The van der Waals surface area contributed by atoms with Crippen LogP contribution in [0.1, 0.15) is 17.2 Å². The summed E-state index contributed by atoms with van der Waals surface area (Å²) in [6.45, 7) is 3.05. The van der Waals surface area contributed by atoms with Gasteiger partial charge in [-0.1, -0.05) is 29.8 Å². The predicted molar refractivity (Wildman–Crippen MR) is 59.8 cm³/mol. The quantitative estimate of drug-likeness (QED) is 0.851. The molecule has 94 valence electrons. The molecule has 1 aliphatic rings. The van der Waals surface area contributed by atoms with Crippen LogP contribution in [0.2, 0.25) is 0 Å². The zero-order valence-corrected chi connectivity index (χ0v) is 9.51. The second kappa shape index (κ2) is 4.66. The van der Waals surface area contributed by atoms with E-state index in [9.17, 15) is 13.2 Å². The SMILES string of the molecule is Cc1ccc(C(NC2CNC2)C(F)(F)F)cc1. The number of hydrogen-bond donors (Lipinski definition) is 2. The highest BCUT2D eigenvalue weighted by Crippen LogP contribution is 2.33. The van der Waals surface area contributed by atoms with Crippen molar-refractivity contribution in [2.24, 2.45) is 0 Å². The van der Waals surface area contributed by atoms with E-state index < -0.39 is 12.2 Å². The number of halogens is 3. The zero-order valence-electron chi connectivity index (χ0n) is 9.51. The summed E-state index contributed by atoms with van der Waals surface area (Å²) in [5, 5.41) is 5.59. The molecule has 2 nitrogen and oxygen atoms in total. The Bertz CT molecular complexity index is 368. The molecule has 0 bridgehead atoms. The summed E-state index contributed by atoms with van der Waals surface area (Å²) in [5.74, 6) is 0. The highest BCUT2D eigenvalue weighted by Gasteiger charge is 2.42. The lowest BCUT2D eigenvalue weighted by molar-refractivity contribution is -0.160. The van der Waals surface area contributed by atoms with E-state index in [1.54, 1.807) is 12.1 Å². The maximum atomic E-state index is 12.9. The molecule has 0 amide bonds. The van der Waals surface area contributed by atoms with E-state index in [0.29, 0.717) is 13.1 Å². The van der Waals surface area contributed by atoms with Gasteiger partial charge in [-0.05, 0) is 12.5 Å². The molecule has 1 saturated heterocycles. The number of alkyl halides is 3. The fourth-order valence-corrected chi connectivity index (χ4v) is 1.78. The molecule has 0 aromatic heterocycles. The van der Waals surface area contributed by atoms with Crippen LogP contribution in [0.5, 0.6) is 0 Å². The molecule has 0 spiro atoms. The van der Waals surface area contributed by atoms with Crippen molar-refractivity contribution in [2.45, 2.75) is 25.2 Å². The van der Waals surface area contributed by atoms with Crippen LogP contribution in [0.3, 0.4) is 0 Å². The Morgan fingerprint density at radius 1 is 1.24 bits per heavy atom. The molecule has 1 aromatic rings. The first-order chi connectivity index (χ1) is 7.97. The molecule has 2 rings (SSSR count). The van der Waals surface area contributed by atoms with E-state index in [1.165, 1.54) is 12.1 Å². The molecule has 0 radical (unpaired) electrons. The molecule has 0 saturated carbocycles. The average Bonchev–Trinajstić information content (AvgIpc) is 2.16. The van der Waals surface area contributed by atoms with Crippen LogP contribution in [0.4, 0.5) is 13.2 Å². The number of nitrogens with one attached hydrogen (secondary N) is 2. The Morgan fingerprint density at radius 2 is 1.82 bits per heavy atom. The van der Waals surface area contributed by atoms with Gasteiger partial charge in [-0.2, -0.15) is 13.2 Å². The fraction of sp³-hybridized carbons (Fsp3) is 0.500. The Labute approximate surface area is 98.2 Å². The van der Waals surface area contributed by atoms with Crippen LogP contribution >= 0.6 is 0 Å². The van der Waals surface area contributed by atoms with E-state index >= 15 is 0 Å². The first kappa shape index (κ1) is 12.4. The highest BCUT2D eigenvalue weighted by molar-refractivity contribution is 5.25. The molecule has 1 fully saturated rings. The number of hydrogen-bond acceptors (Lipinski definition) is 2. The Balaban J connectivity index is 2.16. The molecule has 0 aliphatic carbocycles. The van der Waals surface area contributed by atoms with E-state index in [0.717, 1.165) is 5.56 Å². The van der Waals surface area contributed by atoms with Gasteiger partial charge >= 0.3 is 6.18 Å².